The number of aromatic amines is 1. The van der Waals surface area contributed by atoms with Crippen molar-refractivity contribution in [1.29, 1.82) is 0 Å². The van der Waals surface area contributed by atoms with Gasteiger partial charge in [-0.05, 0) is 47.0 Å². The highest BCUT2D eigenvalue weighted by atomic mass is 16.4. The molecule has 1 aromatic heterocycles. The quantitative estimate of drug-likeness (QED) is 0.195. The lowest BCUT2D eigenvalue weighted by atomic mass is 10.0. The molecule has 1 heterocycles. The van der Waals surface area contributed by atoms with Gasteiger partial charge in [-0.15, -0.1) is 10.0 Å². The molecule has 33 heavy (non-hydrogen) atoms. The minimum absolute atomic E-state index is 0.0460. The van der Waals surface area contributed by atoms with E-state index in [0.29, 0.717) is 16.5 Å². The Labute approximate surface area is 188 Å². The first-order valence-electron chi connectivity index (χ1n) is 10.3. The number of para-hydroxylation sites is 1. The largest absolute Gasteiger partial charge is 0.505 e. The SMILES string of the molecule is CC.O=Nc1ccc(N=Nc2c(O)c(C(=O)O)cc3ccc4c5ccccc5[nH]c4c23)cc1. The maximum atomic E-state index is 11.7. The molecule has 8 nitrogen and oxygen atoms in total. The van der Waals surface area contributed by atoms with E-state index in [1.54, 1.807) is 18.2 Å². The standard InChI is InChI=1S/C23H14N4O4.C2H6/c28-22-17(23(29)30)11-12-5-10-16-15-3-1-2-4-18(15)24-20(16)19(12)21(22)26-25-13-6-8-14(27-31)9-7-13;1-2/h1-11,24,28H,(H,29,30);1-2H3. The number of fused-ring (bicyclic) bond motifs is 5. The van der Waals surface area contributed by atoms with Gasteiger partial charge in [-0.25, -0.2) is 4.79 Å². The zero-order valence-electron chi connectivity index (χ0n) is 17.9. The Morgan fingerprint density at radius 2 is 1.58 bits per heavy atom. The molecule has 5 aromatic rings. The maximum absolute atomic E-state index is 11.7. The van der Waals surface area contributed by atoms with Crippen molar-refractivity contribution >= 4 is 55.6 Å². The van der Waals surface area contributed by atoms with Crippen molar-refractivity contribution in [1.82, 2.24) is 4.98 Å². The number of aromatic carboxylic acids is 1. The van der Waals surface area contributed by atoms with Crippen LogP contribution in [0.3, 0.4) is 0 Å². The number of azo groups is 1. The molecule has 4 aromatic carbocycles. The molecule has 0 saturated carbocycles. The van der Waals surface area contributed by atoms with Gasteiger partial charge in [0.15, 0.2) is 5.75 Å². The number of benzene rings is 4. The van der Waals surface area contributed by atoms with Crippen molar-refractivity contribution in [3.63, 3.8) is 0 Å². The number of carboxylic acid groups (broad SMARTS) is 1. The fraction of sp³-hybridized carbons (Fsp3) is 0.0800. The summed E-state index contributed by atoms with van der Waals surface area (Å²) in [4.78, 5) is 25.6. The first kappa shape index (κ1) is 21.6. The Morgan fingerprint density at radius 3 is 2.27 bits per heavy atom. The van der Waals surface area contributed by atoms with Gasteiger partial charge in [-0.2, -0.15) is 5.11 Å². The first-order valence-corrected chi connectivity index (χ1v) is 10.3. The fourth-order valence-corrected chi connectivity index (χ4v) is 3.73. The Kier molecular flexibility index (Phi) is 5.82. The highest BCUT2D eigenvalue weighted by Gasteiger charge is 2.20. The number of carboxylic acids is 1. The molecule has 0 amide bonds. The van der Waals surface area contributed by atoms with Gasteiger partial charge in [0.2, 0.25) is 0 Å². The number of carbonyl (C=O) groups is 1. The van der Waals surface area contributed by atoms with Crippen LogP contribution in [0.25, 0.3) is 32.6 Å². The molecule has 0 bridgehead atoms. The van der Waals surface area contributed by atoms with Gasteiger partial charge < -0.3 is 15.2 Å². The lowest BCUT2D eigenvalue weighted by molar-refractivity contribution is 0.0694. The highest BCUT2D eigenvalue weighted by molar-refractivity contribution is 6.21. The molecule has 8 heteroatoms. The third-order valence-corrected chi connectivity index (χ3v) is 5.18. The van der Waals surface area contributed by atoms with Crippen LogP contribution < -0.4 is 0 Å². The van der Waals surface area contributed by atoms with E-state index in [4.69, 9.17) is 0 Å². The topological polar surface area (TPSA) is 127 Å². The smallest absolute Gasteiger partial charge is 0.339 e. The van der Waals surface area contributed by atoms with E-state index in [1.807, 2.05) is 44.2 Å². The van der Waals surface area contributed by atoms with Crippen molar-refractivity contribution in [2.75, 3.05) is 0 Å². The average molecular weight is 440 g/mol. The second kappa shape index (κ2) is 8.88. The van der Waals surface area contributed by atoms with Gasteiger partial charge in [0, 0.05) is 21.7 Å². The summed E-state index contributed by atoms with van der Waals surface area (Å²) in [6.45, 7) is 4.00. The fourth-order valence-electron chi connectivity index (χ4n) is 3.73. The molecule has 0 spiro atoms. The van der Waals surface area contributed by atoms with Crippen LogP contribution in [0.2, 0.25) is 0 Å². The van der Waals surface area contributed by atoms with Crippen LogP contribution in [-0.2, 0) is 0 Å². The third kappa shape index (κ3) is 3.78. The number of hydrogen-bond acceptors (Lipinski definition) is 6. The van der Waals surface area contributed by atoms with E-state index in [-0.39, 0.29) is 16.9 Å². The van der Waals surface area contributed by atoms with Crippen molar-refractivity contribution in [3.05, 3.63) is 77.2 Å². The number of aromatic nitrogens is 1. The monoisotopic (exact) mass is 440 g/mol. The minimum Gasteiger partial charge on any atom is -0.505 e. The summed E-state index contributed by atoms with van der Waals surface area (Å²) >= 11 is 0. The van der Waals surface area contributed by atoms with Crippen molar-refractivity contribution in [2.24, 2.45) is 15.4 Å². The van der Waals surface area contributed by atoms with Crippen molar-refractivity contribution < 1.29 is 15.0 Å². The van der Waals surface area contributed by atoms with Crippen molar-refractivity contribution in [3.8, 4) is 5.75 Å². The number of phenols is 1. The van der Waals surface area contributed by atoms with Crippen LogP contribution in [0.5, 0.6) is 5.75 Å². The lowest BCUT2D eigenvalue weighted by Crippen LogP contribution is -1.97. The molecule has 3 N–H and O–H groups in total. The summed E-state index contributed by atoms with van der Waals surface area (Å²) in [5.41, 5.74) is 2.08. The molecule has 0 saturated heterocycles. The lowest BCUT2D eigenvalue weighted by Gasteiger charge is -2.09. The van der Waals surface area contributed by atoms with E-state index in [0.717, 1.165) is 21.8 Å². The van der Waals surface area contributed by atoms with E-state index < -0.39 is 11.7 Å². The van der Waals surface area contributed by atoms with Crippen LogP contribution in [-0.4, -0.2) is 21.2 Å². The Balaban J connectivity index is 0.00000126. The van der Waals surface area contributed by atoms with Gasteiger partial charge >= 0.3 is 5.97 Å². The van der Waals surface area contributed by atoms with Crippen molar-refractivity contribution in [2.45, 2.75) is 13.8 Å². The summed E-state index contributed by atoms with van der Waals surface area (Å²) in [5, 5.41) is 34.6. The average Bonchev–Trinajstić information content (AvgIpc) is 3.23. The third-order valence-electron chi connectivity index (χ3n) is 5.18. The molecule has 0 radical (unpaired) electrons. The van der Waals surface area contributed by atoms with Crippen LogP contribution in [0.4, 0.5) is 17.1 Å². The number of rotatable bonds is 4. The van der Waals surface area contributed by atoms with Crippen LogP contribution >= 0.6 is 0 Å². The van der Waals surface area contributed by atoms with E-state index in [2.05, 4.69) is 20.4 Å². The normalized spacial score (nSPS) is 11.1. The Hall–Kier alpha value is -4.59. The first-order chi connectivity index (χ1) is 16.1. The van der Waals surface area contributed by atoms with E-state index >= 15 is 0 Å². The van der Waals surface area contributed by atoms with Gasteiger partial charge in [-0.3, -0.25) is 0 Å². The predicted octanol–water partition coefficient (Wildman–Crippen LogP) is 7.72. The molecular weight excluding hydrogens is 420 g/mol. The Morgan fingerprint density at radius 1 is 0.879 bits per heavy atom. The zero-order valence-corrected chi connectivity index (χ0v) is 17.9. The summed E-state index contributed by atoms with van der Waals surface area (Å²) in [6, 6.07) is 19.0. The molecule has 164 valence electrons. The molecule has 0 atom stereocenters. The predicted molar refractivity (Wildman–Crippen MR) is 129 cm³/mol. The summed E-state index contributed by atoms with van der Waals surface area (Å²) < 4.78 is 0. The molecule has 5 rings (SSSR count). The number of nitroso groups, excluding NO2 is 1. The second-order valence-corrected chi connectivity index (χ2v) is 6.99. The number of hydrogen-bond donors (Lipinski definition) is 3. The van der Waals surface area contributed by atoms with Gasteiger partial charge in [0.05, 0.1) is 11.2 Å². The number of H-pyrrole nitrogens is 1. The van der Waals surface area contributed by atoms with Crippen LogP contribution in [0.1, 0.15) is 24.2 Å². The Bertz CT molecular complexity index is 1540. The van der Waals surface area contributed by atoms with Gasteiger partial charge in [0.1, 0.15) is 16.9 Å². The summed E-state index contributed by atoms with van der Waals surface area (Å²) in [6.07, 6.45) is 0. The molecule has 0 aliphatic carbocycles. The minimum atomic E-state index is -1.27. The van der Waals surface area contributed by atoms with E-state index in [9.17, 15) is 19.9 Å². The summed E-state index contributed by atoms with van der Waals surface area (Å²) in [5.74, 6) is -1.74. The number of nitrogens with one attached hydrogen (secondary N) is 1. The number of aromatic hydroxyl groups is 1. The molecular formula is C25H20N4O4. The highest BCUT2D eigenvalue weighted by Crippen LogP contribution is 2.43. The zero-order chi connectivity index (χ0) is 23.5. The maximum Gasteiger partial charge on any atom is 0.339 e. The number of nitrogens with zero attached hydrogens (tertiary/aromatic N) is 3. The molecule has 0 unspecified atom stereocenters. The second-order valence-electron chi connectivity index (χ2n) is 6.99. The molecule has 0 fully saturated rings. The van der Waals surface area contributed by atoms with Crippen LogP contribution in [0.15, 0.2) is 82.1 Å². The van der Waals surface area contributed by atoms with Crippen LogP contribution in [0, 0.1) is 4.91 Å². The van der Waals surface area contributed by atoms with Gasteiger partial charge in [-0.1, -0.05) is 44.2 Å². The molecule has 0 aliphatic rings. The summed E-state index contributed by atoms with van der Waals surface area (Å²) in [7, 11) is 0. The van der Waals surface area contributed by atoms with E-state index in [1.165, 1.54) is 18.2 Å². The molecule has 0 aliphatic heterocycles. The van der Waals surface area contributed by atoms with Gasteiger partial charge in [0.25, 0.3) is 0 Å².